The predicted molar refractivity (Wildman–Crippen MR) is 202 cm³/mol. The van der Waals surface area contributed by atoms with Crippen molar-refractivity contribution in [2.24, 2.45) is 0 Å². The molecule has 1 rings (SSSR count). The van der Waals surface area contributed by atoms with Gasteiger partial charge in [0, 0.05) is 0 Å². The summed E-state index contributed by atoms with van der Waals surface area (Å²) in [5.41, 5.74) is 0. The first-order chi connectivity index (χ1) is 22.2. The van der Waals surface area contributed by atoms with Gasteiger partial charge in [-0.15, -0.1) is 0 Å². The van der Waals surface area contributed by atoms with Crippen molar-refractivity contribution in [3.8, 4) is 0 Å². The highest BCUT2D eigenvalue weighted by atomic mass is 15.1. The van der Waals surface area contributed by atoms with Crippen LogP contribution in [-0.2, 0) is 0 Å². The van der Waals surface area contributed by atoms with Gasteiger partial charge >= 0.3 is 0 Å². The van der Waals surface area contributed by atoms with E-state index in [9.17, 15) is 0 Å². The quantitative estimate of drug-likeness (QED) is 0.0563. The predicted octanol–water partition coefficient (Wildman–Crippen LogP) is 15.3. The molecule has 0 radical (unpaired) electrons. The fourth-order valence-corrected chi connectivity index (χ4v) is 7.49. The lowest BCUT2D eigenvalue weighted by Gasteiger charge is -2.17. The summed E-state index contributed by atoms with van der Waals surface area (Å²) in [5.74, 6) is 2.24. The molecule has 0 aromatic carbocycles. The van der Waals surface area contributed by atoms with Gasteiger partial charge in [-0.05, 0) is 32.6 Å². The molecule has 2 unspecified atom stereocenters. The van der Waals surface area contributed by atoms with Crippen LogP contribution in [0.5, 0.6) is 0 Å². The van der Waals surface area contributed by atoms with E-state index in [0.29, 0.717) is 12.0 Å². The van der Waals surface area contributed by atoms with E-state index >= 15 is 0 Å². The Kier molecular flexibility index (Phi) is 31.1. The molecule has 0 aliphatic heterocycles. The third kappa shape index (κ3) is 25.0. The van der Waals surface area contributed by atoms with Gasteiger partial charge in [-0.2, -0.15) is 0 Å². The van der Waals surface area contributed by atoms with E-state index in [1.165, 1.54) is 224 Å². The second-order valence-corrected chi connectivity index (χ2v) is 15.1. The lowest BCUT2D eigenvalue weighted by molar-refractivity contribution is -0.727. The van der Waals surface area contributed by atoms with Crippen molar-refractivity contribution in [2.45, 2.75) is 258 Å². The van der Waals surface area contributed by atoms with E-state index in [2.05, 4.69) is 49.6 Å². The smallest absolute Gasteiger partial charge is 0.247 e. The normalized spacial score (nSPS) is 13.1. The van der Waals surface area contributed by atoms with Gasteiger partial charge in [-0.1, -0.05) is 213 Å². The third-order valence-corrected chi connectivity index (χ3v) is 10.6. The zero-order valence-electron chi connectivity index (χ0n) is 31.8. The fraction of sp³-hybridized carbons (Fsp3) is 0.930. The van der Waals surface area contributed by atoms with Crippen LogP contribution in [-0.4, -0.2) is 4.98 Å². The molecule has 0 fully saturated rings. The summed E-state index contributed by atoms with van der Waals surface area (Å²) in [6, 6.07) is 0.619. The molecule has 2 atom stereocenters. The lowest BCUT2D eigenvalue weighted by Crippen LogP contribution is -2.41. The third-order valence-electron chi connectivity index (χ3n) is 10.6. The van der Waals surface area contributed by atoms with Gasteiger partial charge in [-0.3, -0.25) is 0 Å². The molecule has 2 heteroatoms. The first-order valence-electron chi connectivity index (χ1n) is 21.3. The standard InChI is InChI=1S/C43H84N2/c1-5-8-11-13-15-17-19-21-22-24-25-27-29-31-34-36-41(4)45-40-39-44-43(45)42(37-33-10-7-3)38-35-32-30-28-26-23-20-18-16-14-12-9-6-2/h39-42H,5-38H2,1-4H3/p+1. The van der Waals surface area contributed by atoms with Crippen LogP contribution < -0.4 is 4.57 Å². The Balaban J connectivity index is 2.19. The number of unbranched alkanes of at least 4 members (excludes halogenated alkanes) is 28. The van der Waals surface area contributed by atoms with Crippen molar-refractivity contribution in [1.29, 1.82) is 0 Å². The van der Waals surface area contributed by atoms with Crippen LogP contribution in [0.2, 0.25) is 0 Å². The highest BCUT2D eigenvalue weighted by Gasteiger charge is 2.25. The van der Waals surface area contributed by atoms with Gasteiger partial charge in [0.25, 0.3) is 5.82 Å². The molecule has 1 N–H and O–H groups in total. The number of nitrogens with one attached hydrogen (secondary N) is 1. The molecule has 1 aromatic heterocycles. The molecule has 2 nitrogen and oxygen atoms in total. The summed E-state index contributed by atoms with van der Waals surface area (Å²) in [7, 11) is 0. The first-order valence-corrected chi connectivity index (χ1v) is 21.3. The number of hydrogen-bond donors (Lipinski definition) is 1. The minimum Gasteiger partial charge on any atom is -0.247 e. The van der Waals surface area contributed by atoms with Gasteiger partial charge in [0.1, 0.15) is 12.4 Å². The second kappa shape index (κ2) is 33.1. The van der Waals surface area contributed by atoms with Crippen LogP contribution in [0, 0.1) is 0 Å². The van der Waals surface area contributed by atoms with Crippen molar-refractivity contribution in [2.75, 3.05) is 0 Å². The summed E-state index contributed by atoms with van der Waals surface area (Å²) in [6.07, 6.45) is 53.2. The Bertz CT molecular complexity index is 694. The zero-order valence-corrected chi connectivity index (χ0v) is 31.8. The van der Waals surface area contributed by atoms with Crippen LogP contribution in [0.3, 0.4) is 0 Å². The van der Waals surface area contributed by atoms with Crippen LogP contribution in [0.25, 0.3) is 0 Å². The summed E-state index contributed by atoms with van der Waals surface area (Å²) in [5, 5.41) is 0. The zero-order chi connectivity index (χ0) is 32.5. The molecular formula is C43H85N2+. The first kappa shape index (κ1) is 42.2. The summed E-state index contributed by atoms with van der Waals surface area (Å²) in [6.45, 7) is 9.43. The van der Waals surface area contributed by atoms with Gasteiger partial charge in [-0.25, -0.2) is 9.55 Å². The number of imidazole rings is 1. The van der Waals surface area contributed by atoms with Gasteiger partial charge in [0.05, 0.1) is 12.0 Å². The Morgan fingerprint density at radius 2 is 0.711 bits per heavy atom. The molecule has 0 aliphatic rings. The lowest BCUT2D eigenvalue weighted by atomic mass is 9.93. The molecule has 0 bridgehead atoms. The van der Waals surface area contributed by atoms with Crippen molar-refractivity contribution >= 4 is 0 Å². The monoisotopic (exact) mass is 630 g/mol. The number of hydrogen-bond acceptors (Lipinski definition) is 0. The molecule has 0 saturated carbocycles. The molecular weight excluding hydrogens is 544 g/mol. The maximum Gasteiger partial charge on any atom is 0.257 e. The molecule has 266 valence electrons. The summed E-state index contributed by atoms with van der Waals surface area (Å²) in [4.78, 5) is 3.73. The van der Waals surface area contributed by atoms with Crippen LogP contribution >= 0.6 is 0 Å². The Morgan fingerprint density at radius 3 is 1.09 bits per heavy atom. The number of aromatic amines is 1. The van der Waals surface area contributed by atoms with Crippen LogP contribution in [0.15, 0.2) is 12.4 Å². The molecule has 0 saturated heterocycles. The molecule has 1 heterocycles. The van der Waals surface area contributed by atoms with Crippen LogP contribution in [0.1, 0.15) is 264 Å². The van der Waals surface area contributed by atoms with E-state index in [-0.39, 0.29) is 0 Å². The Hall–Kier alpha value is -0.790. The number of H-pyrrole nitrogens is 1. The van der Waals surface area contributed by atoms with E-state index in [4.69, 9.17) is 0 Å². The van der Waals surface area contributed by atoms with Crippen molar-refractivity contribution < 1.29 is 4.57 Å². The average molecular weight is 630 g/mol. The van der Waals surface area contributed by atoms with E-state index < -0.39 is 0 Å². The van der Waals surface area contributed by atoms with Gasteiger partial charge in [0.15, 0.2) is 0 Å². The molecule has 45 heavy (non-hydrogen) atoms. The van der Waals surface area contributed by atoms with Crippen molar-refractivity contribution in [3.63, 3.8) is 0 Å². The van der Waals surface area contributed by atoms with E-state index in [0.717, 1.165) is 0 Å². The molecule has 1 aromatic rings. The van der Waals surface area contributed by atoms with E-state index in [1.807, 2.05) is 0 Å². The minimum absolute atomic E-state index is 0.619. The topological polar surface area (TPSA) is 19.7 Å². The average Bonchev–Trinajstić information content (AvgIpc) is 3.54. The molecule has 0 spiro atoms. The molecule has 0 aliphatic carbocycles. The highest BCUT2D eigenvalue weighted by Crippen LogP contribution is 2.27. The van der Waals surface area contributed by atoms with Gasteiger partial charge < -0.3 is 0 Å². The van der Waals surface area contributed by atoms with Crippen molar-refractivity contribution in [3.05, 3.63) is 18.2 Å². The van der Waals surface area contributed by atoms with Gasteiger partial charge in [0.2, 0.25) is 0 Å². The number of rotatable bonds is 36. The van der Waals surface area contributed by atoms with Crippen LogP contribution in [0.4, 0.5) is 0 Å². The highest BCUT2D eigenvalue weighted by molar-refractivity contribution is 4.90. The maximum atomic E-state index is 3.73. The largest absolute Gasteiger partial charge is 0.257 e. The minimum atomic E-state index is 0.619. The molecule has 0 amide bonds. The summed E-state index contributed by atoms with van der Waals surface area (Å²) < 4.78 is 2.63. The SMILES string of the molecule is CCCCCCCCCCCCCCCCCC(C)[n+]1cc[nH]c1C(CCCCC)CCCCCCCCCCCCCCC. The summed E-state index contributed by atoms with van der Waals surface area (Å²) >= 11 is 0. The Morgan fingerprint density at radius 1 is 0.422 bits per heavy atom. The Labute approximate surface area is 285 Å². The van der Waals surface area contributed by atoms with Crippen molar-refractivity contribution in [1.82, 2.24) is 4.98 Å². The number of aromatic nitrogens is 2. The fourth-order valence-electron chi connectivity index (χ4n) is 7.49. The number of nitrogens with zero attached hydrogens (tertiary/aromatic N) is 1. The maximum absolute atomic E-state index is 3.73. The second-order valence-electron chi connectivity index (χ2n) is 15.1. The van der Waals surface area contributed by atoms with E-state index in [1.54, 1.807) is 0 Å².